The minimum absolute atomic E-state index is 0.0490. The molecule has 0 aromatic heterocycles. The molecule has 0 aromatic rings. The van der Waals surface area contributed by atoms with E-state index in [1.165, 1.54) is 0 Å². The van der Waals surface area contributed by atoms with Crippen molar-refractivity contribution < 1.29 is 24.2 Å². The summed E-state index contributed by atoms with van der Waals surface area (Å²) in [6.07, 6.45) is -0.442. The number of carbonyl (C=O) groups excluding carboxylic acids is 1. The lowest BCUT2D eigenvalue weighted by Gasteiger charge is -2.47. The van der Waals surface area contributed by atoms with Crippen LogP contribution in [0.4, 0.5) is 4.79 Å². The van der Waals surface area contributed by atoms with Crippen molar-refractivity contribution >= 4 is 14.4 Å². The number of carbonyl (C=O) groups is 1. The van der Waals surface area contributed by atoms with E-state index in [0.29, 0.717) is 25.9 Å². The van der Waals surface area contributed by atoms with Gasteiger partial charge in [0.1, 0.15) is 5.60 Å². The number of nitrogens with zero attached hydrogens (tertiary/aromatic N) is 1. The number of piperidine rings is 1. The van der Waals surface area contributed by atoms with Crippen molar-refractivity contribution in [2.75, 3.05) is 19.7 Å². The average Bonchev–Trinajstić information content (AvgIpc) is 2.51. The maximum atomic E-state index is 12.3. The highest BCUT2D eigenvalue weighted by Gasteiger charge is 2.47. The van der Waals surface area contributed by atoms with Gasteiger partial charge in [-0.15, -0.1) is 0 Å². The minimum Gasteiger partial charge on any atom is -0.444 e. The number of hydrogen-bond acceptors (Lipinski definition) is 5. The normalized spacial score (nSPS) is 20.9. The first-order valence-electron chi connectivity index (χ1n) is 9.99. The third kappa shape index (κ3) is 6.17. The van der Waals surface area contributed by atoms with Crippen molar-refractivity contribution in [3.63, 3.8) is 0 Å². The Morgan fingerprint density at radius 2 is 1.63 bits per heavy atom. The Morgan fingerprint density at radius 1 is 1.15 bits per heavy atom. The fraction of sp³-hybridized carbons (Fsp3) is 0.950. The number of aliphatic hydroxyl groups excluding tert-OH is 2. The number of rotatable bonds is 5. The monoisotopic (exact) mass is 403 g/mol. The number of aliphatic hydroxyl groups is 2. The summed E-state index contributed by atoms with van der Waals surface area (Å²) in [6.45, 7) is 19.0. The lowest BCUT2D eigenvalue weighted by molar-refractivity contribution is -0.102. The molecule has 0 saturated carbocycles. The molecule has 1 saturated heterocycles. The highest BCUT2D eigenvalue weighted by Crippen LogP contribution is 2.41. The molecule has 0 spiro atoms. The summed E-state index contributed by atoms with van der Waals surface area (Å²) in [5.74, 6) is 0. The molecule has 6 nitrogen and oxygen atoms in total. The Labute approximate surface area is 166 Å². The van der Waals surface area contributed by atoms with E-state index in [2.05, 4.69) is 33.9 Å². The van der Waals surface area contributed by atoms with Crippen molar-refractivity contribution in [3.8, 4) is 0 Å². The summed E-state index contributed by atoms with van der Waals surface area (Å²) in [6, 6.07) is 0. The average molecular weight is 404 g/mol. The van der Waals surface area contributed by atoms with Gasteiger partial charge < -0.3 is 24.3 Å². The van der Waals surface area contributed by atoms with E-state index in [4.69, 9.17) is 9.16 Å². The summed E-state index contributed by atoms with van der Waals surface area (Å²) in [5, 5.41) is 21.2. The zero-order chi connectivity index (χ0) is 21.3. The maximum Gasteiger partial charge on any atom is 0.410 e. The summed E-state index contributed by atoms with van der Waals surface area (Å²) in [4.78, 5) is 13.9. The van der Waals surface area contributed by atoms with Crippen LogP contribution in [0, 0.1) is 5.41 Å². The number of amides is 1. The van der Waals surface area contributed by atoms with Crippen LogP contribution in [0.25, 0.3) is 0 Å². The second-order valence-electron chi connectivity index (χ2n) is 10.5. The van der Waals surface area contributed by atoms with E-state index in [1.807, 2.05) is 27.7 Å². The van der Waals surface area contributed by atoms with E-state index in [-0.39, 0.29) is 23.8 Å². The fourth-order valence-electron chi connectivity index (χ4n) is 3.21. The molecule has 1 amide bonds. The van der Waals surface area contributed by atoms with Gasteiger partial charge in [-0.3, -0.25) is 0 Å². The largest absolute Gasteiger partial charge is 0.444 e. The van der Waals surface area contributed by atoms with Crippen LogP contribution in [-0.4, -0.2) is 67.0 Å². The highest BCUT2D eigenvalue weighted by molar-refractivity contribution is 6.74. The molecule has 1 aliphatic heterocycles. The van der Waals surface area contributed by atoms with Crippen molar-refractivity contribution in [1.29, 1.82) is 0 Å². The topological polar surface area (TPSA) is 79.2 Å². The Balaban J connectivity index is 2.79. The van der Waals surface area contributed by atoms with Crippen LogP contribution in [0.15, 0.2) is 0 Å². The molecule has 27 heavy (non-hydrogen) atoms. The minimum atomic E-state index is -2.02. The predicted molar refractivity (Wildman–Crippen MR) is 110 cm³/mol. The van der Waals surface area contributed by atoms with Gasteiger partial charge in [-0.2, -0.15) is 0 Å². The molecule has 1 fully saturated rings. The summed E-state index contributed by atoms with van der Waals surface area (Å²) >= 11 is 0. The van der Waals surface area contributed by atoms with E-state index < -0.39 is 25.4 Å². The predicted octanol–water partition coefficient (Wildman–Crippen LogP) is 3.77. The van der Waals surface area contributed by atoms with Gasteiger partial charge in [0.05, 0.1) is 18.8 Å². The zero-order valence-corrected chi connectivity index (χ0v) is 19.8. The van der Waals surface area contributed by atoms with Gasteiger partial charge in [0, 0.05) is 18.5 Å². The van der Waals surface area contributed by atoms with Crippen LogP contribution in [0.1, 0.15) is 61.3 Å². The Kier molecular flexibility index (Phi) is 7.58. The molecular weight excluding hydrogens is 362 g/mol. The van der Waals surface area contributed by atoms with Crippen LogP contribution in [-0.2, 0) is 9.16 Å². The molecule has 0 aromatic carbocycles. The van der Waals surface area contributed by atoms with Crippen LogP contribution in [0.5, 0.6) is 0 Å². The van der Waals surface area contributed by atoms with Crippen molar-refractivity contribution in [2.45, 2.75) is 97.2 Å². The van der Waals surface area contributed by atoms with Crippen LogP contribution in [0.2, 0.25) is 18.1 Å². The third-order valence-electron chi connectivity index (χ3n) is 6.08. The van der Waals surface area contributed by atoms with Gasteiger partial charge in [-0.05, 0) is 58.7 Å². The van der Waals surface area contributed by atoms with Gasteiger partial charge in [-0.25, -0.2) is 4.79 Å². The first-order valence-corrected chi connectivity index (χ1v) is 12.9. The maximum absolute atomic E-state index is 12.3. The zero-order valence-electron chi connectivity index (χ0n) is 18.8. The Morgan fingerprint density at radius 3 is 2.00 bits per heavy atom. The molecule has 160 valence electrons. The molecule has 2 N–H and O–H groups in total. The SMILES string of the molecule is CC(O[Si](C)(C)C(C)(C)C)C(O)C1(CO)CCN(C(=O)OC(C)(C)C)CC1. The quantitative estimate of drug-likeness (QED) is 0.683. The summed E-state index contributed by atoms with van der Waals surface area (Å²) < 4.78 is 11.8. The molecule has 0 bridgehead atoms. The first-order chi connectivity index (χ1) is 12.0. The van der Waals surface area contributed by atoms with Gasteiger partial charge in [-0.1, -0.05) is 20.8 Å². The van der Waals surface area contributed by atoms with Crippen LogP contribution in [0.3, 0.4) is 0 Å². The molecule has 0 aliphatic carbocycles. The van der Waals surface area contributed by atoms with E-state index in [0.717, 1.165) is 0 Å². The number of ether oxygens (including phenoxy) is 1. The van der Waals surface area contributed by atoms with Gasteiger partial charge in [0.2, 0.25) is 0 Å². The summed E-state index contributed by atoms with van der Waals surface area (Å²) in [5.41, 5.74) is -1.19. The second-order valence-corrected chi connectivity index (χ2v) is 15.3. The first kappa shape index (κ1) is 24.4. The lowest BCUT2D eigenvalue weighted by atomic mass is 9.73. The molecule has 2 atom stereocenters. The number of hydrogen-bond donors (Lipinski definition) is 2. The van der Waals surface area contributed by atoms with E-state index >= 15 is 0 Å². The lowest BCUT2D eigenvalue weighted by Crippen LogP contribution is -2.56. The number of likely N-dealkylation sites (tertiary alicyclic amines) is 1. The summed E-state index contributed by atoms with van der Waals surface area (Å²) in [7, 11) is -2.02. The highest BCUT2D eigenvalue weighted by atomic mass is 28.4. The molecule has 1 heterocycles. The van der Waals surface area contributed by atoms with Crippen molar-refractivity contribution in [2.24, 2.45) is 5.41 Å². The molecule has 2 unspecified atom stereocenters. The van der Waals surface area contributed by atoms with Crippen LogP contribution < -0.4 is 0 Å². The second kappa shape index (κ2) is 8.39. The molecule has 0 radical (unpaired) electrons. The Hall–Kier alpha value is -0.633. The molecule has 1 aliphatic rings. The molecule has 1 rings (SSSR count). The Bertz CT molecular complexity index is 501. The van der Waals surface area contributed by atoms with Gasteiger partial charge in [0.25, 0.3) is 0 Å². The smallest absolute Gasteiger partial charge is 0.410 e. The third-order valence-corrected chi connectivity index (χ3v) is 10.7. The van der Waals surface area contributed by atoms with Crippen LogP contribution >= 0.6 is 0 Å². The van der Waals surface area contributed by atoms with E-state index in [1.54, 1.807) is 4.90 Å². The van der Waals surface area contributed by atoms with Crippen molar-refractivity contribution in [3.05, 3.63) is 0 Å². The van der Waals surface area contributed by atoms with Gasteiger partial charge >= 0.3 is 6.09 Å². The fourth-order valence-corrected chi connectivity index (χ4v) is 4.62. The van der Waals surface area contributed by atoms with Crippen molar-refractivity contribution in [1.82, 2.24) is 4.90 Å². The van der Waals surface area contributed by atoms with Gasteiger partial charge in [0.15, 0.2) is 8.32 Å². The molecule has 7 heteroatoms. The molecular formula is C20H41NO5Si. The standard InChI is InChI=1S/C20H41NO5Si/c1-15(26-27(8,9)19(5,6)7)16(23)20(14-22)10-12-21(13-11-20)17(24)25-18(2,3)4/h15-16,22-23H,10-14H2,1-9H3. The van der Waals surface area contributed by atoms with E-state index in [9.17, 15) is 15.0 Å².